The lowest BCUT2D eigenvalue weighted by molar-refractivity contribution is 0.504. The first-order valence-corrected chi connectivity index (χ1v) is 5.02. The van der Waals surface area contributed by atoms with Gasteiger partial charge >= 0.3 is 0 Å². The lowest BCUT2D eigenvalue weighted by atomic mass is 10.2. The molecule has 2 rings (SSSR count). The number of aryl methyl sites for hydroxylation is 2. The van der Waals surface area contributed by atoms with E-state index in [2.05, 4.69) is 4.99 Å². The molecule has 16 heavy (non-hydrogen) atoms. The van der Waals surface area contributed by atoms with E-state index in [0.717, 1.165) is 17.1 Å². The van der Waals surface area contributed by atoms with E-state index in [1.54, 1.807) is 18.3 Å². The van der Waals surface area contributed by atoms with Crippen LogP contribution in [0.3, 0.4) is 0 Å². The van der Waals surface area contributed by atoms with Crippen molar-refractivity contribution in [3.05, 3.63) is 53.2 Å². The van der Waals surface area contributed by atoms with E-state index >= 15 is 0 Å². The second-order valence-electron chi connectivity index (χ2n) is 3.61. The average Bonchev–Trinajstić information content (AvgIpc) is 2.54. The molecule has 2 aromatic rings. The van der Waals surface area contributed by atoms with Gasteiger partial charge < -0.3 is 4.42 Å². The van der Waals surface area contributed by atoms with E-state index in [4.69, 9.17) is 4.42 Å². The molecule has 1 aromatic carbocycles. The molecule has 0 bridgehead atoms. The Balaban J connectivity index is 2.24. The van der Waals surface area contributed by atoms with Crippen molar-refractivity contribution < 1.29 is 8.81 Å². The van der Waals surface area contributed by atoms with Crippen LogP contribution in [0.5, 0.6) is 0 Å². The van der Waals surface area contributed by atoms with Crippen LogP contribution in [0.4, 0.5) is 10.1 Å². The summed E-state index contributed by atoms with van der Waals surface area (Å²) in [5, 5.41) is 0. The molecule has 0 unspecified atom stereocenters. The highest BCUT2D eigenvalue weighted by Crippen LogP contribution is 2.15. The van der Waals surface area contributed by atoms with Gasteiger partial charge in [0.25, 0.3) is 0 Å². The van der Waals surface area contributed by atoms with Crippen LogP contribution >= 0.6 is 0 Å². The lowest BCUT2D eigenvalue weighted by Gasteiger charge is -1.92. The number of hydrogen-bond donors (Lipinski definition) is 0. The zero-order valence-electron chi connectivity index (χ0n) is 9.20. The molecular weight excluding hydrogens is 205 g/mol. The van der Waals surface area contributed by atoms with E-state index < -0.39 is 0 Å². The van der Waals surface area contributed by atoms with Crippen LogP contribution < -0.4 is 0 Å². The molecule has 0 radical (unpaired) electrons. The van der Waals surface area contributed by atoms with Gasteiger partial charge in [-0.15, -0.1) is 0 Å². The zero-order valence-corrected chi connectivity index (χ0v) is 9.20. The first-order chi connectivity index (χ1) is 7.65. The average molecular weight is 217 g/mol. The lowest BCUT2D eigenvalue weighted by Crippen LogP contribution is -1.79. The van der Waals surface area contributed by atoms with Crippen molar-refractivity contribution in [2.75, 3.05) is 0 Å². The maximum atomic E-state index is 12.9. The van der Waals surface area contributed by atoms with Gasteiger partial charge in [0.15, 0.2) is 0 Å². The quantitative estimate of drug-likeness (QED) is 0.703. The predicted molar refractivity (Wildman–Crippen MR) is 61.8 cm³/mol. The standard InChI is InChI=1S/C13H12FNO/c1-9-6-11(10(2)16-9)8-15-13-5-3-4-12(14)7-13/h3-8H,1-2H3. The normalized spacial score (nSPS) is 11.2. The molecule has 0 N–H and O–H groups in total. The first kappa shape index (κ1) is 10.6. The van der Waals surface area contributed by atoms with Crippen molar-refractivity contribution >= 4 is 11.9 Å². The Bertz CT molecular complexity index is 528. The van der Waals surface area contributed by atoms with Gasteiger partial charge in [0.1, 0.15) is 17.3 Å². The molecule has 0 spiro atoms. The zero-order chi connectivity index (χ0) is 11.5. The molecular formula is C13H12FNO. The maximum Gasteiger partial charge on any atom is 0.125 e. The number of benzene rings is 1. The summed E-state index contributed by atoms with van der Waals surface area (Å²) in [7, 11) is 0. The minimum atomic E-state index is -0.283. The molecule has 1 heterocycles. The molecule has 0 amide bonds. The smallest absolute Gasteiger partial charge is 0.125 e. The highest BCUT2D eigenvalue weighted by atomic mass is 19.1. The fourth-order valence-electron chi connectivity index (χ4n) is 1.48. The first-order valence-electron chi connectivity index (χ1n) is 5.02. The summed E-state index contributed by atoms with van der Waals surface area (Å²) in [5.41, 5.74) is 1.51. The molecule has 0 fully saturated rings. The van der Waals surface area contributed by atoms with Crippen LogP contribution in [-0.2, 0) is 0 Å². The molecule has 0 aliphatic heterocycles. The van der Waals surface area contributed by atoms with Gasteiger partial charge in [0, 0.05) is 11.8 Å². The van der Waals surface area contributed by atoms with E-state index in [1.807, 2.05) is 19.9 Å². The number of halogens is 1. The minimum Gasteiger partial charge on any atom is -0.466 e. The summed E-state index contributed by atoms with van der Waals surface area (Å²) < 4.78 is 18.2. The third-order valence-corrected chi connectivity index (χ3v) is 2.24. The van der Waals surface area contributed by atoms with Gasteiger partial charge in [0.2, 0.25) is 0 Å². The second kappa shape index (κ2) is 4.31. The summed E-state index contributed by atoms with van der Waals surface area (Å²) in [6, 6.07) is 8.07. The van der Waals surface area contributed by atoms with E-state index in [9.17, 15) is 4.39 Å². The van der Waals surface area contributed by atoms with Crippen LogP contribution in [0.25, 0.3) is 0 Å². The van der Waals surface area contributed by atoms with Crippen LogP contribution in [-0.4, -0.2) is 6.21 Å². The summed E-state index contributed by atoms with van der Waals surface area (Å²) in [6.45, 7) is 3.76. The van der Waals surface area contributed by atoms with Crippen molar-refractivity contribution in [1.82, 2.24) is 0 Å². The number of furan rings is 1. The Morgan fingerprint density at radius 1 is 1.25 bits per heavy atom. The van der Waals surface area contributed by atoms with Crippen molar-refractivity contribution in [3.63, 3.8) is 0 Å². The summed E-state index contributed by atoms with van der Waals surface area (Å²) in [6.07, 6.45) is 1.68. The fourth-order valence-corrected chi connectivity index (χ4v) is 1.48. The Hall–Kier alpha value is -1.90. The molecule has 1 aromatic heterocycles. The van der Waals surface area contributed by atoms with Crippen molar-refractivity contribution in [2.45, 2.75) is 13.8 Å². The number of rotatable bonds is 2. The Kier molecular flexibility index (Phi) is 2.86. The predicted octanol–water partition coefficient (Wildman–Crippen LogP) is 3.79. The third-order valence-electron chi connectivity index (χ3n) is 2.24. The molecule has 0 atom stereocenters. The highest BCUT2D eigenvalue weighted by molar-refractivity contribution is 5.83. The summed E-state index contributed by atoms with van der Waals surface area (Å²) in [5.74, 6) is 1.38. The third kappa shape index (κ3) is 2.37. The number of nitrogens with zero attached hydrogens (tertiary/aromatic N) is 1. The molecule has 0 aliphatic rings. The molecule has 0 saturated heterocycles. The molecule has 3 heteroatoms. The topological polar surface area (TPSA) is 25.5 Å². The molecule has 2 nitrogen and oxygen atoms in total. The van der Waals surface area contributed by atoms with Gasteiger partial charge in [-0.2, -0.15) is 0 Å². The van der Waals surface area contributed by atoms with Gasteiger partial charge in [-0.25, -0.2) is 4.39 Å². The minimum absolute atomic E-state index is 0.283. The number of hydrogen-bond acceptors (Lipinski definition) is 2. The molecule has 0 aliphatic carbocycles. The van der Waals surface area contributed by atoms with E-state index in [0.29, 0.717) is 5.69 Å². The van der Waals surface area contributed by atoms with E-state index in [1.165, 1.54) is 12.1 Å². The van der Waals surface area contributed by atoms with Crippen molar-refractivity contribution in [2.24, 2.45) is 4.99 Å². The van der Waals surface area contributed by atoms with Crippen LogP contribution in [0, 0.1) is 19.7 Å². The van der Waals surface area contributed by atoms with Gasteiger partial charge in [-0.1, -0.05) is 6.07 Å². The van der Waals surface area contributed by atoms with Crippen molar-refractivity contribution in [1.29, 1.82) is 0 Å². The monoisotopic (exact) mass is 217 g/mol. The Morgan fingerprint density at radius 2 is 2.06 bits per heavy atom. The van der Waals surface area contributed by atoms with Gasteiger partial charge in [-0.05, 0) is 38.1 Å². The second-order valence-corrected chi connectivity index (χ2v) is 3.61. The largest absolute Gasteiger partial charge is 0.466 e. The maximum absolute atomic E-state index is 12.9. The van der Waals surface area contributed by atoms with Gasteiger partial charge in [-0.3, -0.25) is 4.99 Å². The van der Waals surface area contributed by atoms with Crippen LogP contribution in [0.2, 0.25) is 0 Å². The van der Waals surface area contributed by atoms with Crippen LogP contribution in [0.15, 0.2) is 39.7 Å². The number of aliphatic imine (C=N–C) groups is 1. The summed E-state index contributed by atoms with van der Waals surface area (Å²) in [4.78, 5) is 4.19. The van der Waals surface area contributed by atoms with Crippen molar-refractivity contribution in [3.8, 4) is 0 Å². The molecule has 0 saturated carbocycles. The van der Waals surface area contributed by atoms with Crippen LogP contribution in [0.1, 0.15) is 17.1 Å². The van der Waals surface area contributed by atoms with Gasteiger partial charge in [0.05, 0.1) is 5.69 Å². The highest BCUT2D eigenvalue weighted by Gasteiger charge is 2.01. The Labute approximate surface area is 93.4 Å². The SMILES string of the molecule is Cc1cc(C=Nc2cccc(F)c2)c(C)o1. The summed E-state index contributed by atoms with van der Waals surface area (Å²) >= 11 is 0. The van der Waals surface area contributed by atoms with E-state index in [-0.39, 0.29) is 5.82 Å². The Morgan fingerprint density at radius 3 is 2.69 bits per heavy atom. The fraction of sp³-hybridized carbons (Fsp3) is 0.154. The molecule has 82 valence electrons.